The number of aliphatic imine (C=N–C) groups is 1. The van der Waals surface area contributed by atoms with Crippen LogP contribution in [0.1, 0.15) is 25.3 Å². The summed E-state index contributed by atoms with van der Waals surface area (Å²) in [6.07, 6.45) is 2.46. The van der Waals surface area contributed by atoms with Gasteiger partial charge in [-0.25, -0.2) is 4.99 Å². The third-order valence-corrected chi connectivity index (χ3v) is 4.58. The van der Waals surface area contributed by atoms with Gasteiger partial charge in [-0.05, 0) is 31.5 Å². The highest BCUT2D eigenvalue weighted by atomic mass is 16.2. The molecule has 6 heteroatoms. The molecule has 1 saturated heterocycles. The Balaban J connectivity index is 1.94. The number of likely N-dealkylation sites (N-methyl/N-ethyl adjacent to an activating group) is 2. The molecule has 0 aliphatic carbocycles. The van der Waals surface area contributed by atoms with Crippen molar-refractivity contribution >= 4 is 11.9 Å². The lowest BCUT2D eigenvalue weighted by molar-refractivity contribution is -0.127. The predicted molar refractivity (Wildman–Crippen MR) is 103 cm³/mol. The summed E-state index contributed by atoms with van der Waals surface area (Å²) in [6.45, 7) is 6.15. The second kappa shape index (κ2) is 10.0. The van der Waals surface area contributed by atoms with Gasteiger partial charge in [-0.2, -0.15) is 0 Å². The summed E-state index contributed by atoms with van der Waals surface area (Å²) < 4.78 is 0. The standard InChI is InChI=1S/C19H31N5O/c1-4-24-12-8-11-17(24)14-21-19(22-15-18(25)23(2)3)20-13-16-9-6-5-7-10-16/h5-7,9-10,17H,4,8,11-15H2,1-3H3,(H2,20,21,22). The molecule has 0 radical (unpaired) electrons. The van der Waals surface area contributed by atoms with Gasteiger partial charge < -0.3 is 15.5 Å². The minimum absolute atomic E-state index is 0.0327. The van der Waals surface area contributed by atoms with Crippen molar-refractivity contribution < 1.29 is 4.79 Å². The average Bonchev–Trinajstić information content (AvgIpc) is 3.09. The zero-order chi connectivity index (χ0) is 18.1. The first-order chi connectivity index (χ1) is 12.1. The first kappa shape index (κ1) is 19.2. The van der Waals surface area contributed by atoms with Crippen molar-refractivity contribution in [2.75, 3.05) is 40.3 Å². The van der Waals surface area contributed by atoms with Gasteiger partial charge in [0, 0.05) is 26.7 Å². The molecule has 1 amide bonds. The van der Waals surface area contributed by atoms with Gasteiger partial charge >= 0.3 is 0 Å². The summed E-state index contributed by atoms with van der Waals surface area (Å²) in [5.74, 6) is 0.729. The Labute approximate surface area is 151 Å². The second-order valence-corrected chi connectivity index (χ2v) is 6.60. The Kier molecular flexibility index (Phi) is 7.73. The van der Waals surface area contributed by atoms with Crippen molar-refractivity contribution in [3.8, 4) is 0 Å². The number of amides is 1. The predicted octanol–water partition coefficient (Wildman–Crippen LogP) is 1.29. The summed E-state index contributed by atoms with van der Waals surface area (Å²) >= 11 is 0. The molecule has 1 fully saturated rings. The molecule has 1 heterocycles. The molecule has 1 aromatic carbocycles. The van der Waals surface area contributed by atoms with E-state index >= 15 is 0 Å². The number of rotatable bonds is 7. The van der Waals surface area contributed by atoms with Gasteiger partial charge in [0.2, 0.25) is 5.91 Å². The van der Waals surface area contributed by atoms with Crippen molar-refractivity contribution in [1.82, 2.24) is 20.4 Å². The third-order valence-electron chi connectivity index (χ3n) is 4.58. The normalized spacial score (nSPS) is 18.2. The SMILES string of the molecule is CCN1CCCC1CNC(=NCc1ccccc1)NCC(=O)N(C)C. The fourth-order valence-electron chi connectivity index (χ4n) is 3.00. The topological polar surface area (TPSA) is 60.0 Å². The molecular weight excluding hydrogens is 314 g/mol. The smallest absolute Gasteiger partial charge is 0.241 e. The summed E-state index contributed by atoms with van der Waals surface area (Å²) in [5, 5.41) is 6.57. The molecule has 0 aromatic heterocycles. The fraction of sp³-hybridized carbons (Fsp3) is 0.579. The maximum absolute atomic E-state index is 11.9. The van der Waals surface area contributed by atoms with Crippen LogP contribution in [0.2, 0.25) is 0 Å². The largest absolute Gasteiger partial charge is 0.355 e. The highest BCUT2D eigenvalue weighted by Gasteiger charge is 2.22. The van der Waals surface area contributed by atoms with Crippen LogP contribution in [0.3, 0.4) is 0 Å². The van der Waals surface area contributed by atoms with Gasteiger partial charge in [-0.15, -0.1) is 0 Å². The molecule has 1 aliphatic heterocycles. The Morgan fingerprint density at radius 1 is 1.28 bits per heavy atom. The number of nitrogens with zero attached hydrogens (tertiary/aromatic N) is 3. The van der Waals surface area contributed by atoms with E-state index in [1.54, 1.807) is 19.0 Å². The molecule has 6 nitrogen and oxygen atoms in total. The van der Waals surface area contributed by atoms with Crippen molar-refractivity contribution in [3.05, 3.63) is 35.9 Å². The molecule has 0 saturated carbocycles. The Morgan fingerprint density at radius 3 is 2.72 bits per heavy atom. The summed E-state index contributed by atoms with van der Waals surface area (Å²) in [7, 11) is 3.52. The van der Waals surface area contributed by atoms with Crippen molar-refractivity contribution in [2.24, 2.45) is 4.99 Å². The van der Waals surface area contributed by atoms with Gasteiger partial charge in [0.05, 0.1) is 13.1 Å². The number of carbonyl (C=O) groups excluding carboxylic acids is 1. The third kappa shape index (κ3) is 6.38. The van der Waals surface area contributed by atoms with Crippen LogP contribution in [0.15, 0.2) is 35.3 Å². The Bertz CT molecular complexity index is 558. The van der Waals surface area contributed by atoms with E-state index in [2.05, 4.69) is 39.6 Å². The van der Waals surface area contributed by atoms with E-state index < -0.39 is 0 Å². The van der Waals surface area contributed by atoms with Gasteiger partial charge in [0.25, 0.3) is 0 Å². The maximum atomic E-state index is 11.9. The number of carbonyl (C=O) groups is 1. The minimum Gasteiger partial charge on any atom is -0.355 e. The average molecular weight is 345 g/mol. The van der Waals surface area contributed by atoms with E-state index in [0.717, 1.165) is 18.7 Å². The second-order valence-electron chi connectivity index (χ2n) is 6.60. The first-order valence-electron chi connectivity index (χ1n) is 9.10. The van der Waals surface area contributed by atoms with Gasteiger partial charge in [0.1, 0.15) is 0 Å². The van der Waals surface area contributed by atoms with Crippen LogP contribution in [-0.2, 0) is 11.3 Å². The fourth-order valence-corrected chi connectivity index (χ4v) is 3.00. The molecule has 25 heavy (non-hydrogen) atoms. The molecule has 1 aromatic rings. The van der Waals surface area contributed by atoms with E-state index in [9.17, 15) is 4.79 Å². The van der Waals surface area contributed by atoms with Crippen LogP contribution in [-0.4, -0.2) is 68.0 Å². The monoisotopic (exact) mass is 345 g/mol. The van der Waals surface area contributed by atoms with Gasteiger partial charge in [-0.1, -0.05) is 37.3 Å². The lowest BCUT2D eigenvalue weighted by Crippen LogP contribution is -2.47. The minimum atomic E-state index is 0.0327. The van der Waals surface area contributed by atoms with Crippen LogP contribution in [0.25, 0.3) is 0 Å². The Morgan fingerprint density at radius 2 is 2.04 bits per heavy atom. The van der Waals surface area contributed by atoms with Gasteiger partial charge in [0.15, 0.2) is 5.96 Å². The van der Waals surface area contributed by atoms with E-state index in [1.807, 2.05) is 18.2 Å². The molecule has 0 spiro atoms. The van der Waals surface area contributed by atoms with Crippen LogP contribution in [0.5, 0.6) is 0 Å². The zero-order valence-corrected chi connectivity index (χ0v) is 15.7. The number of likely N-dealkylation sites (tertiary alicyclic amines) is 1. The molecule has 1 aliphatic rings. The number of hydrogen-bond acceptors (Lipinski definition) is 3. The number of benzene rings is 1. The van der Waals surface area contributed by atoms with Crippen LogP contribution >= 0.6 is 0 Å². The highest BCUT2D eigenvalue weighted by Crippen LogP contribution is 2.15. The Hall–Kier alpha value is -2.08. The lowest BCUT2D eigenvalue weighted by atomic mass is 10.2. The number of hydrogen-bond donors (Lipinski definition) is 2. The van der Waals surface area contributed by atoms with Crippen LogP contribution in [0.4, 0.5) is 0 Å². The highest BCUT2D eigenvalue weighted by molar-refractivity contribution is 5.86. The molecule has 2 N–H and O–H groups in total. The lowest BCUT2D eigenvalue weighted by Gasteiger charge is -2.24. The first-order valence-corrected chi connectivity index (χ1v) is 9.10. The number of guanidine groups is 1. The van der Waals surface area contributed by atoms with Crippen molar-refractivity contribution in [1.29, 1.82) is 0 Å². The molecule has 2 rings (SSSR count). The maximum Gasteiger partial charge on any atom is 0.241 e. The van der Waals surface area contributed by atoms with Crippen LogP contribution < -0.4 is 10.6 Å². The molecule has 0 bridgehead atoms. The van der Waals surface area contributed by atoms with Gasteiger partial charge in [-0.3, -0.25) is 9.69 Å². The van der Waals surface area contributed by atoms with E-state index in [1.165, 1.54) is 19.4 Å². The molecule has 138 valence electrons. The molecular formula is C19H31N5O. The molecule has 1 atom stereocenters. The summed E-state index contributed by atoms with van der Waals surface area (Å²) in [6, 6.07) is 10.7. The van der Waals surface area contributed by atoms with Crippen LogP contribution in [0, 0.1) is 0 Å². The summed E-state index contributed by atoms with van der Waals surface area (Å²) in [4.78, 5) is 20.6. The quantitative estimate of drug-likeness (QED) is 0.578. The van der Waals surface area contributed by atoms with Crippen molar-refractivity contribution in [3.63, 3.8) is 0 Å². The van der Waals surface area contributed by atoms with E-state index in [-0.39, 0.29) is 12.5 Å². The van der Waals surface area contributed by atoms with E-state index in [0.29, 0.717) is 18.5 Å². The zero-order valence-electron chi connectivity index (χ0n) is 15.7. The van der Waals surface area contributed by atoms with E-state index in [4.69, 9.17) is 0 Å². The molecule has 1 unspecified atom stereocenters. The number of nitrogens with one attached hydrogen (secondary N) is 2. The summed E-state index contributed by atoms with van der Waals surface area (Å²) in [5.41, 5.74) is 1.15. The van der Waals surface area contributed by atoms with Crippen molar-refractivity contribution in [2.45, 2.75) is 32.4 Å².